The standard InChI is InChI=1S/C13H16O4/c1-8-5-11(7-14)6-9(2)12(8)17-13(15)10(3)16-4/h5-7,10H,1-4H3. The summed E-state index contributed by atoms with van der Waals surface area (Å²) in [6, 6.07) is 3.36. The lowest BCUT2D eigenvalue weighted by molar-refractivity contribution is -0.144. The van der Waals surface area contributed by atoms with Gasteiger partial charge in [-0.15, -0.1) is 0 Å². The van der Waals surface area contributed by atoms with E-state index in [1.807, 2.05) is 0 Å². The minimum atomic E-state index is -0.612. The van der Waals surface area contributed by atoms with Crippen molar-refractivity contribution in [1.29, 1.82) is 0 Å². The first-order valence-corrected chi connectivity index (χ1v) is 5.30. The number of rotatable bonds is 4. The fourth-order valence-corrected chi connectivity index (χ4v) is 1.49. The van der Waals surface area contributed by atoms with Crippen LogP contribution in [0.2, 0.25) is 0 Å². The van der Waals surface area contributed by atoms with Gasteiger partial charge in [-0.1, -0.05) is 0 Å². The van der Waals surface area contributed by atoms with Crippen LogP contribution in [0.3, 0.4) is 0 Å². The summed E-state index contributed by atoms with van der Waals surface area (Å²) >= 11 is 0. The first kappa shape index (κ1) is 13.4. The number of benzene rings is 1. The van der Waals surface area contributed by atoms with E-state index >= 15 is 0 Å². The largest absolute Gasteiger partial charge is 0.424 e. The van der Waals surface area contributed by atoms with E-state index < -0.39 is 12.1 Å². The van der Waals surface area contributed by atoms with E-state index in [1.165, 1.54) is 7.11 Å². The van der Waals surface area contributed by atoms with Crippen molar-refractivity contribution in [2.75, 3.05) is 7.11 Å². The van der Waals surface area contributed by atoms with Crippen molar-refractivity contribution in [3.8, 4) is 5.75 Å². The number of aryl methyl sites for hydroxylation is 2. The minimum absolute atomic E-state index is 0.447. The fraction of sp³-hybridized carbons (Fsp3) is 0.385. The molecule has 0 radical (unpaired) electrons. The van der Waals surface area contributed by atoms with E-state index in [9.17, 15) is 9.59 Å². The summed E-state index contributed by atoms with van der Waals surface area (Å²) < 4.78 is 10.1. The Labute approximate surface area is 101 Å². The first-order chi connectivity index (χ1) is 7.99. The molecular formula is C13H16O4. The third-order valence-corrected chi connectivity index (χ3v) is 2.51. The lowest BCUT2D eigenvalue weighted by Crippen LogP contribution is -2.25. The Morgan fingerprint density at radius 1 is 1.29 bits per heavy atom. The van der Waals surface area contributed by atoms with Gasteiger partial charge < -0.3 is 9.47 Å². The van der Waals surface area contributed by atoms with Gasteiger partial charge in [-0.3, -0.25) is 4.79 Å². The number of methoxy groups -OCH3 is 1. The molecule has 0 heterocycles. The van der Waals surface area contributed by atoms with E-state index in [1.54, 1.807) is 32.9 Å². The third kappa shape index (κ3) is 3.14. The van der Waals surface area contributed by atoms with Crippen LogP contribution in [-0.2, 0) is 9.53 Å². The molecule has 1 unspecified atom stereocenters. The highest BCUT2D eigenvalue weighted by Gasteiger charge is 2.17. The Hall–Kier alpha value is -1.68. The Bertz CT molecular complexity index is 414. The molecule has 1 aromatic rings. The highest BCUT2D eigenvalue weighted by atomic mass is 16.6. The number of esters is 1. The van der Waals surface area contributed by atoms with Crippen LogP contribution in [0.1, 0.15) is 28.4 Å². The molecular weight excluding hydrogens is 220 g/mol. The number of hydrogen-bond acceptors (Lipinski definition) is 4. The topological polar surface area (TPSA) is 52.6 Å². The van der Waals surface area contributed by atoms with Crippen molar-refractivity contribution in [2.24, 2.45) is 0 Å². The van der Waals surface area contributed by atoms with Crippen LogP contribution in [0.4, 0.5) is 0 Å². The van der Waals surface area contributed by atoms with Crippen molar-refractivity contribution in [3.05, 3.63) is 28.8 Å². The molecule has 4 nitrogen and oxygen atoms in total. The summed E-state index contributed by atoms with van der Waals surface area (Å²) in [6.07, 6.45) is 0.156. The minimum Gasteiger partial charge on any atom is -0.424 e. The van der Waals surface area contributed by atoms with Crippen LogP contribution in [0, 0.1) is 13.8 Å². The number of ether oxygens (including phenoxy) is 2. The van der Waals surface area contributed by atoms with Gasteiger partial charge in [-0.2, -0.15) is 0 Å². The normalized spacial score (nSPS) is 12.0. The summed E-state index contributed by atoms with van der Waals surface area (Å²) in [6.45, 7) is 5.20. The lowest BCUT2D eigenvalue weighted by Gasteiger charge is -2.13. The zero-order valence-corrected chi connectivity index (χ0v) is 10.4. The molecule has 0 spiro atoms. The summed E-state index contributed by atoms with van der Waals surface area (Å²) in [7, 11) is 1.45. The van der Waals surface area contributed by atoms with Gasteiger partial charge in [-0.05, 0) is 44.0 Å². The van der Waals surface area contributed by atoms with Crippen LogP contribution in [0.5, 0.6) is 5.75 Å². The Kier molecular flexibility index (Phi) is 4.40. The molecule has 0 amide bonds. The number of carbonyl (C=O) groups excluding carboxylic acids is 2. The Morgan fingerprint density at radius 2 is 1.82 bits per heavy atom. The van der Waals surface area contributed by atoms with Crippen LogP contribution >= 0.6 is 0 Å². The molecule has 0 bridgehead atoms. The van der Waals surface area contributed by atoms with Gasteiger partial charge in [0.15, 0.2) is 6.10 Å². The number of aldehydes is 1. The van der Waals surface area contributed by atoms with Gasteiger partial charge in [0, 0.05) is 12.7 Å². The summed E-state index contributed by atoms with van der Waals surface area (Å²) in [5, 5.41) is 0. The van der Waals surface area contributed by atoms with E-state index in [0.717, 1.165) is 17.4 Å². The molecule has 17 heavy (non-hydrogen) atoms. The summed E-state index contributed by atoms with van der Waals surface area (Å²) in [4.78, 5) is 22.3. The zero-order chi connectivity index (χ0) is 13.0. The molecule has 0 aliphatic rings. The van der Waals surface area contributed by atoms with Crippen molar-refractivity contribution in [3.63, 3.8) is 0 Å². The van der Waals surface area contributed by atoms with E-state index in [-0.39, 0.29) is 0 Å². The van der Waals surface area contributed by atoms with Crippen molar-refractivity contribution >= 4 is 12.3 Å². The van der Waals surface area contributed by atoms with Gasteiger partial charge in [0.05, 0.1) is 0 Å². The SMILES string of the molecule is COC(C)C(=O)Oc1c(C)cc(C=O)cc1C. The second-order valence-electron chi connectivity index (χ2n) is 3.90. The Balaban J connectivity index is 2.99. The molecule has 0 aromatic heterocycles. The summed E-state index contributed by atoms with van der Waals surface area (Å²) in [5.41, 5.74) is 2.08. The smallest absolute Gasteiger partial charge is 0.340 e. The first-order valence-electron chi connectivity index (χ1n) is 5.30. The molecule has 4 heteroatoms. The molecule has 1 atom stereocenters. The maximum Gasteiger partial charge on any atom is 0.340 e. The van der Waals surface area contributed by atoms with Gasteiger partial charge in [0.1, 0.15) is 12.0 Å². The van der Waals surface area contributed by atoms with Crippen molar-refractivity contribution < 1.29 is 19.1 Å². The molecule has 0 N–H and O–H groups in total. The van der Waals surface area contributed by atoms with Gasteiger partial charge >= 0.3 is 5.97 Å². The fourth-order valence-electron chi connectivity index (χ4n) is 1.49. The molecule has 92 valence electrons. The predicted octanol–water partition coefficient (Wildman–Crippen LogP) is 2.06. The molecule has 0 aliphatic heterocycles. The number of hydrogen-bond donors (Lipinski definition) is 0. The molecule has 0 aliphatic carbocycles. The van der Waals surface area contributed by atoms with Gasteiger partial charge in [-0.25, -0.2) is 4.79 Å². The maximum atomic E-state index is 11.6. The average molecular weight is 236 g/mol. The molecule has 0 saturated heterocycles. The van der Waals surface area contributed by atoms with E-state index in [0.29, 0.717) is 11.3 Å². The zero-order valence-electron chi connectivity index (χ0n) is 10.4. The van der Waals surface area contributed by atoms with Gasteiger partial charge in [0.2, 0.25) is 0 Å². The van der Waals surface area contributed by atoms with Crippen molar-refractivity contribution in [1.82, 2.24) is 0 Å². The number of carbonyl (C=O) groups is 2. The average Bonchev–Trinajstić information content (AvgIpc) is 2.31. The van der Waals surface area contributed by atoms with E-state index in [2.05, 4.69) is 0 Å². The van der Waals surface area contributed by atoms with Crippen LogP contribution < -0.4 is 4.74 Å². The van der Waals surface area contributed by atoms with Crippen LogP contribution in [-0.4, -0.2) is 25.5 Å². The molecule has 0 saturated carbocycles. The van der Waals surface area contributed by atoms with E-state index in [4.69, 9.17) is 9.47 Å². The molecule has 1 rings (SSSR count). The second-order valence-corrected chi connectivity index (χ2v) is 3.90. The third-order valence-electron chi connectivity index (χ3n) is 2.51. The summed E-state index contributed by atoms with van der Waals surface area (Å²) in [5.74, 6) is 0.0436. The highest BCUT2D eigenvalue weighted by molar-refractivity contribution is 5.79. The molecule has 1 aromatic carbocycles. The Morgan fingerprint density at radius 3 is 2.24 bits per heavy atom. The lowest BCUT2D eigenvalue weighted by atomic mass is 10.1. The highest BCUT2D eigenvalue weighted by Crippen LogP contribution is 2.24. The quantitative estimate of drug-likeness (QED) is 0.456. The van der Waals surface area contributed by atoms with Crippen LogP contribution in [0.15, 0.2) is 12.1 Å². The molecule has 0 fully saturated rings. The van der Waals surface area contributed by atoms with Crippen molar-refractivity contribution in [2.45, 2.75) is 26.9 Å². The van der Waals surface area contributed by atoms with Crippen LogP contribution in [0.25, 0.3) is 0 Å². The maximum absolute atomic E-state index is 11.6. The monoisotopic (exact) mass is 236 g/mol. The predicted molar refractivity (Wildman–Crippen MR) is 63.4 cm³/mol. The van der Waals surface area contributed by atoms with Gasteiger partial charge in [0.25, 0.3) is 0 Å². The second kappa shape index (κ2) is 5.59.